The van der Waals surface area contributed by atoms with Crippen LogP contribution in [0.5, 0.6) is 0 Å². The van der Waals surface area contributed by atoms with Gasteiger partial charge in [-0.3, -0.25) is 0 Å². The van der Waals surface area contributed by atoms with Crippen molar-refractivity contribution in [1.29, 1.82) is 0 Å². The van der Waals surface area contributed by atoms with Crippen LogP contribution in [0.4, 0.5) is 0 Å². The van der Waals surface area contributed by atoms with Gasteiger partial charge in [0, 0.05) is 6.61 Å². The second kappa shape index (κ2) is 10.7. The zero-order chi connectivity index (χ0) is 15.6. The molecule has 0 N–H and O–H groups in total. The highest BCUT2D eigenvalue weighted by Crippen LogP contribution is 2.37. The minimum atomic E-state index is 0.583. The summed E-state index contributed by atoms with van der Waals surface area (Å²) < 4.78 is 5.78. The van der Waals surface area contributed by atoms with Crippen LogP contribution in [0.1, 0.15) is 104 Å². The van der Waals surface area contributed by atoms with Crippen LogP contribution in [0.15, 0.2) is 0 Å². The molecule has 0 aromatic heterocycles. The molecule has 0 spiro atoms. The normalized spacial score (nSPS) is 33.0. The van der Waals surface area contributed by atoms with Gasteiger partial charge in [-0.25, -0.2) is 0 Å². The Kier molecular flexibility index (Phi) is 8.89. The van der Waals surface area contributed by atoms with Gasteiger partial charge < -0.3 is 4.74 Å². The Morgan fingerprint density at radius 2 is 1.14 bits per heavy atom. The lowest BCUT2D eigenvalue weighted by Crippen LogP contribution is -2.22. The van der Waals surface area contributed by atoms with Gasteiger partial charge in [0.05, 0.1) is 6.10 Å². The van der Waals surface area contributed by atoms with Crippen LogP contribution in [-0.2, 0) is 4.74 Å². The van der Waals surface area contributed by atoms with Crippen molar-refractivity contribution >= 4 is 0 Å². The minimum Gasteiger partial charge on any atom is -0.379 e. The maximum atomic E-state index is 5.78. The van der Waals surface area contributed by atoms with E-state index in [1.54, 1.807) is 0 Å². The molecule has 0 aromatic carbocycles. The maximum absolute atomic E-state index is 5.78. The lowest BCUT2D eigenvalue weighted by molar-refractivity contribution is 0.0238. The van der Waals surface area contributed by atoms with E-state index in [2.05, 4.69) is 13.8 Å². The summed E-state index contributed by atoms with van der Waals surface area (Å²) in [5.41, 5.74) is 0. The molecule has 2 aliphatic rings. The van der Waals surface area contributed by atoms with Crippen LogP contribution in [0.3, 0.4) is 0 Å². The van der Waals surface area contributed by atoms with Gasteiger partial charge in [0.2, 0.25) is 0 Å². The van der Waals surface area contributed by atoms with E-state index in [4.69, 9.17) is 4.74 Å². The van der Waals surface area contributed by atoms with Gasteiger partial charge in [-0.05, 0) is 50.4 Å². The molecule has 1 heteroatoms. The van der Waals surface area contributed by atoms with Crippen LogP contribution in [0.2, 0.25) is 0 Å². The summed E-state index contributed by atoms with van der Waals surface area (Å²) >= 11 is 0. The predicted octanol–water partition coefficient (Wildman–Crippen LogP) is 6.75. The Bertz CT molecular complexity index is 259. The fourth-order valence-electron chi connectivity index (χ4n) is 4.79. The quantitative estimate of drug-likeness (QED) is 0.428. The fourth-order valence-corrected chi connectivity index (χ4v) is 4.79. The molecule has 130 valence electrons. The van der Waals surface area contributed by atoms with Gasteiger partial charge in [0.15, 0.2) is 0 Å². The first-order valence-corrected chi connectivity index (χ1v) is 10.4. The van der Waals surface area contributed by atoms with Crippen molar-refractivity contribution in [1.82, 2.24) is 0 Å². The Hall–Kier alpha value is -0.0400. The first-order valence-electron chi connectivity index (χ1n) is 10.4. The number of hydrogen-bond acceptors (Lipinski definition) is 1. The van der Waals surface area contributed by atoms with E-state index in [-0.39, 0.29) is 0 Å². The highest BCUT2D eigenvalue weighted by Gasteiger charge is 2.24. The van der Waals surface area contributed by atoms with E-state index in [0.29, 0.717) is 6.10 Å². The van der Waals surface area contributed by atoms with Crippen molar-refractivity contribution in [2.24, 2.45) is 17.8 Å². The highest BCUT2D eigenvalue weighted by molar-refractivity contribution is 4.77. The molecule has 0 radical (unpaired) electrons. The molecule has 0 heterocycles. The van der Waals surface area contributed by atoms with Crippen LogP contribution < -0.4 is 0 Å². The van der Waals surface area contributed by atoms with Crippen molar-refractivity contribution in [3.63, 3.8) is 0 Å². The Morgan fingerprint density at radius 3 is 1.64 bits per heavy atom. The summed E-state index contributed by atoms with van der Waals surface area (Å²) in [6, 6.07) is 0. The molecule has 0 aromatic rings. The first kappa shape index (κ1) is 18.3. The molecule has 2 aliphatic carbocycles. The number of rotatable bonds is 9. The molecule has 0 amide bonds. The average molecular weight is 309 g/mol. The van der Waals surface area contributed by atoms with E-state index < -0.39 is 0 Å². The second-order valence-corrected chi connectivity index (χ2v) is 8.06. The summed E-state index contributed by atoms with van der Waals surface area (Å²) in [6.45, 7) is 5.35. The maximum Gasteiger partial charge on any atom is 0.0575 e. The largest absolute Gasteiger partial charge is 0.379 e. The first-order chi connectivity index (χ1) is 10.8. The Morgan fingerprint density at radius 1 is 0.636 bits per heavy atom. The third-order valence-corrected chi connectivity index (χ3v) is 6.36. The van der Waals surface area contributed by atoms with Crippen molar-refractivity contribution in [2.75, 3.05) is 6.61 Å². The van der Waals surface area contributed by atoms with E-state index in [0.717, 1.165) is 24.4 Å². The Labute approximate surface area is 139 Å². The predicted molar refractivity (Wildman–Crippen MR) is 96.2 cm³/mol. The standard InChI is InChI=1S/C21H40O/c1-3-5-6-7-18-8-10-19(11-9-18)12-13-20-14-16-21(17-15-20)22-4-2/h18-21H,3-17H2,1-2H3/t18-,19-,20-,21-. The van der Waals surface area contributed by atoms with Gasteiger partial charge in [0.25, 0.3) is 0 Å². The molecule has 0 unspecified atom stereocenters. The summed E-state index contributed by atoms with van der Waals surface area (Å²) in [5.74, 6) is 3.15. The lowest BCUT2D eigenvalue weighted by atomic mass is 9.76. The lowest BCUT2D eigenvalue weighted by Gasteiger charge is -2.32. The van der Waals surface area contributed by atoms with Gasteiger partial charge in [-0.1, -0.05) is 71.1 Å². The zero-order valence-electron chi connectivity index (χ0n) is 15.3. The van der Waals surface area contributed by atoms with Crippen LogP contribution >= 0.6 is 0 Å². The van der Waals surface area contributed by atoms with Gasteiger partial charge in [-0.2, -0.15) is 0 Å². The van der Waals surface area contributed by atoms with E-state index in [1.807, 2.05) is 0 Å². The van der Waals surface area contributed by atoms with E-state index in [1.165, 1.54) is 89.9 Å². The number of hydrogen-bond donors (Lipinski definition) is 0. The smallest absolute Gasteiger partial charge is 0.0575 e. The van der Waals surface area contributed by atoms with E-state index >= 15 is 0 Å². The molecule has 2 fully saturated rings. The molecule has 1 nitrogen and oxygen atoms in total. The third kappa shape index (κ3) is 6.60. The van der Waals surface area contributed by atoms with Gasteiger partial charge in [-0.15, -0.1) is 0 Å². The number of unbranched alkanes of at least 4 members (excludes halogenated alkanes) is 2. The summed E-state index contributed by atoms with van der Waals surface area (Å²) in [5, 5.41) is 0. The van der Waals surface area contributed by atoms with E-state index in [9.17, 15) is 0 Å². The SMILES string of the molecule is CCCCC[C@H]1CC[C@H](CC[C@H]2CC[C@H](OCC)CC2)CC1. The zero-order valence-corrected chi connectivity index (χ0v) is 15.3. The van der Waals surface area contributed by atoms with Gasteiger partial charge >= 0.3 is 0 Å². The molecular weight excluding hydrogens is 268 g/mol. The molecule has 2 saturated carbocycles. The van der Waals surface area contributed by atoms with Crippen LogP contribution in [-0.4, -0.2) is 12.7 Å². The fraction of sp³-hybridized carbons (Fsp3) is 1.00. The second-order valence-electron chi connectivity index (χ2n) is 8.06. The summed E-state index contributed by atoms with van der Waals surface area (Å²) in [7, 11) is 0. The topological polar surface area (TPSA) is 9.23 Å². The highest BCUT2D eigenvalue weighted by atomic mass is 16.5. The van der Waals surface area contributed by atoms with Crippen LogP contribution in [0.25, 0.3) is 0 Å². The Balaban J connectivity index is 1.52. The average Bonchev–Trinajstić information content (AvgIpc) is 2.56. The molecular formula is C21H40O. The monoisotopic (exact) mass is 308 g/mol. The summed E-state index contributed by atoms with van der Waals surface area (Å²) in [6.07, 6.45) is 21.1. The van der Waals surface area contributed by atoms with Crippen molar-refractivity contribution in [3.8, 4) is 0 Å². The molecule has 0 aliphatic heterocycles. The molecule has 2 rings (SSSR count). The summed E-state index contributed by atoms with van der Waals surface area (Å²) in [4.78, 5) is 0. The van der Waals surface area contributed by atoms with Crippen LogP contribution in [0, 0.1) is 17.8 Å². The van der Waals surface area contributed by atoms with Crippen molar-refractivity contribution in [3.05, 3.63) is 0 Å². The van der Waals surface area contributed by atoms with Gasteiger partial charge in [0.1, 0.15) is 0 Å². The number of ether oxygens (including phenoxy) is 1. The molecule has 0 saturated heterocycles. The minimum absolute atomic E-state index is 0.583. The molecule has 0 bridgehead atoms. The third-order valence-electron chi connectivity index (χ3n) is 6.36. The van der Waals surface area contributed by atoms with Crippen molar-refractivity contribution < 1.29 is 4.74 Å². The molecule has 0 atom stereocenters. The van der Waals surface area contributed by atoms with Crippen molar-refractivity contribution in [2.45, 2.75) is 110 Å². The molecule has 22 heavy (non-hydrogen) atoms.